The lowest BCUT2D eigenvalue weighted by molar-refractivity contribution is 0.0979. The van der Waals surface area contributed by atoms with Crippen molar-refractivity contribution < 1.29 is 9.59 Å². The maximum Gasteiger partial charge on any atom is 0.249 e. The van der Waals surface area contributed by atoms with E-state index in [2.05, 4.69) is 9.97 Å². The van der Waals surface area contributed by atoms with E-state index in [0.29, 0.717) is 0 Å². The van der Waals surface area contributed by atoms with Gasteiger partial charge in [-0.1, -0.05) is 18.2 Å². The molecule has 1 amide bonds. The SMILES string of the molecule is NC(=O)c1ccccc1C(=O)c1cnccn1. The molecule has 0 aliphatic rings. The van der Waals surface area contributed by atoms with E-state index in [-0.39, 0.29) is 22.6 Å². The predicted octanol–water partition coefficient (Wildman–Crippen LogP) is 0.806. The van der Waals surface area contributed by atoms with Crippen molar-refractivity contribution in [1.29, 1.82) is 0 Å². The average molecular weight is 227 g/mol. The van der Waals surface area contributed by atoms with Gasteiger partial charge in [0.15, 0.2) is 0 Å². The van der Waals surface area contributed by atoms with Gasteiger partial charge < -0.3 is 5.73 Å². The molecule has 0 radical (unpaired) electrons. The molecule has 1 heterocycles. The number of ketones is 1. The molecule has 0 aliphatic carbocycles. The third kappa shape index (κ3) is 2.17. The Morgan fingerprint density at radius 3 is 2.35 bits per heavy atom. The predicted molar refractivity (Wildman–Crippen MR) is 60.4 cm³/mol. The summed E-state index contributed by atoms with van der Waals surface area (Å²) in [5.74, 6) is -1.01. The molecule has 0 aliphatic heterocycles. The molecule has 84 valence electrons. The van der Waals surface area contributed by atoms with E-state index in [4.69, 9.17) is 5.73 Å². The number of primary amides is 1. The molecule has 1 aromatic heterocycles. The average Bonchev–Trinajstić information content (AvgIpc) is 2.39. The summed E-state index contributed by atoms with van der Waals surface area (Å²) in [6.07, 6.45) is 4.23. The van der Waals surface area contributed by atoms with Gasteiger partial charge in [-0.15, -0.1) is 0 Å². The van der Waals surface area contributed by atoms with Crippen molar-refractivity contribution in [2.45, 2.75) is 0 Å². The highest BCUT2D eigenvalue weighted by Gasteiger charge is 2.16. The molecular formula is C12H9N3O2. The number of carbonyl (C=O) groups excluding carboxylic acids is 2. The van der Waals surface area contributed by atoms with Crippen molar-refractivity contribution in [2.24, 2.45) is 5.73 Å². The zero-order valence-electron chi connectivity index (χ0n) is 8.83. The first kappa shape index (κ1) is 10.9. The van der Waals surface area contributed by atoms with Crippen LogP contribution >= 0.6 is 0 Å². The van der Waals surface area contributed by atoms with Crippen LogP contribution in [0.3, 0.4) is 0 Å². The van der Waals surface area contributed by atoms with Crippen molar-refractivity contribution in [3.63, 3.8) is 0 Å². The van der Waals surface area contributed by atoms with Crippen molar-refractivity contribution >= 4 is 11.7 Å². The molecule has 1 aromatic carbocycles. The molecule has 5 heteroatoms. The van der Waals surface area contributed by atoms with Gasteiger partial charge in [-0.2, -0.15) is 0 Å². The molecule has 5 nitrogen and oxygen atoms in total. The van der Waals surface area contributed by atoms with Crippen molar-refractivity contribution in [2.75, 3.05) is 0 Å². The van der Waals surface area contributed by atoms with Crippen LogP contribution in [0.1, 0.15) is 26.4 Å². The maximum absolute atomic E-state index is 12.1. The van der Waals surface area contributed by atoms with Gasteiger partial charge >= 0.3 is 0 Å². The molecule has 0 fully saturated rings. The van der Waals surface area contributed by atoms with Gasteiger partial charge in [0.2, 0.25) is 11.7 Å². The van der Waals surface area contributed by atoms with Gasteiger partial charge in [-0.05, 0) is 6.07 Å². The second-order valence-corrected chi connectivity index (χ2v) is 3.33. The lowest BCUT2D eigenvalue weighted by atomic mass is 10.0. The number of nitrogens with two attached hydrogens (primary N) is 1. The fourth-order valence-corrected chi connectivity index (χ4v) is 1.45. The number of carbonyl (C=O) groups is 2. The number of aromatic nitrogens is 2. The molecule has 0 bridgehead atoms. The van der Waals surface area contributed by atoms with Crippen LogP contribution in [0.2, 0.25) is 0 Å². The quantitative estimate of drug-likeness (QED) is 0.786. The zero-order chi connectivity index (χ0) is 12.3. The molecule has 2 rings (SSSR count). The molecule has 0 saturated heterocycles. The smallest absolute Gasteiger partial charge is 0.249 e. The number of rotatable bonds is 3. The Morgan fingerprint density at radius 2 is 1.76 bits per heavy atom. The Morgan fingerprint density at radius 1 is 1.06 bits per heavy atom. The summed E-state index contributed by atoms with van der Waals surface area (Å²) in [5.41, 5.74) is 5.80. The van der Waals surface area contributed by atoms with Crippen LogP contribution < -0.4 is 5.73 Å². The first-order valence-electron chi connectivity index (χ1n) is 4.89. The molecule has 0 spiro atoms. The molecule has 2 aromatic rings. The van der Waals surface area contributed by atoms with Gasteiger partial charge in [0, 0.05) is 18.0 Å². The number of nitrogens with zero attached hydrogens (tertiary/aromatic N) is 2. The maximum atomic E-state index is 12.1. The van der Waals surface area contributed by atoms with E-state index in [1.165, 1.54) is 30.7 Å². The Hall–Kier alpha value is -2.56. The van der Waals surface area contributed by atoms with Gasteiger partial charge in [-0.25, -0.2) is 4.98 Å². The summed E-state index contributed by atoms with van der Waals surface area (Å²) < 4.78 is 0. The summed E-state index contributed by atoms with van der Waals surface area (Å²) >= 11 is 0. The lowest BCUT2D eigenvalue weighted by Crippen LogP contribution is -2.17. The summed E-state index contributed by atoms with van der Waals surface area (Å²) in [6.45, 7) is 0. The van der Waals surface area contributed by atoms with Crippen molar-refractivity contribution in [1.82, 2.24) is 9.97 Å². The highest BCUT2D eigenvalue weighted by atomic mass is 16.1. The second kappa shape index (κ2) is 4.52. The first-order chi connectivity index (χ1) is 8.20. The van der Waals surface area contributed by atoms with E-state index < -0.39 is 5.91 Å². The fraction of sp³-hybridized carbons (Fsp3) is 0. The van der Waals surface area contributed by atoms with E-state index in [0.717, 1.165) is 0 Å². The molecule has 0 atom stereocenters. The van der Waals surface area contributed by atoms with Gasteiger partial charge in [0.1, 0.15) is 5.69 Å². The largest absolute Gasteiger partial charge is 0.366 e. The summed E-state index contributed by atoms with van der Waals surface area (Å²) in [4.78, 5) is 31.0. The van der Waals surface area contributed by atoms with Crippen LogP contribution in [0.25, 0.3) is 0 Å². The zero-order valence-corrected chi connectivity index (χ0v) is 8.83. The standard InChI is InChI=1S/C12H9N3O2/c13-12(17)9-4-2-1-3-8(9)11(16)10-7-14-5-6-15-10/h1-7H,(H2,13,17). The van der Waals surface area contributed by atoms with Crippen LogP contribution in [0, 0.1) is 0 Å². The van der Waals surface area contributed by atoms with Crippen LogP contribution in [0.15, 0.2) is 42.9 Å². The molecule has 0 saturated carbocycles. The monoisotopic (exact) mass is 227 g/mol. The minimum absolute atomic E-state index is 0.182. The van der Waals surface area contributed by atoms with Gasteiger partial charge in [0.25, 0.3) is 0 Å². The first-order valence-corrected chi connectivity index (χ1v) is 4.89. The van der Waals surface area contributed by atoms with Crippen LogP contribution in [-0.4, -0.2) is 21.7 Å². The Kier molecular flexibility index (Phi) is 2.91. The lowest BCUT2D eigenvalue weighted by Gasteiger charge is -2.04. The molecular weight excluding hydrogens is 218 g/mol. The highest BCUT2D eigenvalue weighted by Crippen LogP contribution is 2.12. The van der Waals surface area contributed by atoms with E-state index in [1.54, 1.807) is 12.1 Å². The number of hydrogen-bond acceptors (Lipinski definition) is 4. The minimum atomic E-state index is -0.641. The minimum Gasteiger partial charge on any atom is -0.366 e. The van der Waals surface area contributed by atoms with Crippen molar-refractivity contribution in [3.8, 4) is 0 Å². The summed E-state index contributed by atoms with van der Waals surface area (Å²) in [6, 6.07) is 6.35. The van der Waals surface area contributed by atoms with Crippen molar-refractivity contribution in [3.05, 3.63) is 59.7 Å². The highest BCUT2D eigenvalue weighted by molar-refractivity contribution is 6.14. The Balaban J connectivity index is 2.48. The Bertz CT molecular complexity index is 567. The second-order valence-electron chi connectivity index (χ2n) is 3.33. The van der Waals surface area contributed by atoms with Gasteiger partial charge in [0.05, 0.1) is 11.8 Å². The number of hydrogen-bond donors (Lipinski definition) is 1. The normalized spacial score (nSPS) is 9.88. The summed E-state index contributed by atoms with van der Waals surface area (Å²) in [7, 11) is 0. The molecule has 2 N–H and O–H groups in total. The number of benzene rings is 1. The molecule has 17 heavy (non-hydrogen) atoms. The van der Waals surface area contributed by atoms with E-state index >= 15 is 0 Å². The number of amides is 1. The fourth-order valence-electron chi connectivity index (χ4n) is 1.45. The van der Waals surface area contributed by atoms with E-state index in [1.807, 2.05) is 0 Å². The topological polar surface area (TPSA) is 85.9 Å². The third-order valence-corrected chi connectivity index (χ3v) is 2.23. The van der Waals surface area contributed by atoms with Crippen LogP contribution in [0.5, 0.6) is 0 Å². The van der Waals surface area contributed by atoms with Gasteiger partial charge in [-0.3, -0.25) is 14.6 Å². The van der Waals surface area contributed by atoms with Crippen LogP contribution in [0.4, 0.5) is 0 Å². The third-order valence-electron chi connectivity index (χ3n) is 2.23. The van der Waals surface area contributed by atoms with E-state index in [9.17, 15) is 9.59 Å². The Labute approximate surface area is 97.3 Å². The van der Waals surface area contributed by atoms with Crippen LogP contribution in [-0.2, 0) is 0 Å². The molecule has 0 unspecified atom stereocenters. The summed E-state index contributed by atoms with van der Waals surface area (Å²) in [5, 5.41) is 0.